The number of thiophene rings is 1. The highest BCUT2D eigenvalue weighted by Crippen LogP contribution is 2.29. The van der Waals surface area contributed by atoms with E-state index < -0.39 is 11.9 Å². The highest BCUT2D eigenvalue weighted by molar-refractivity contribution is 7.12. The first-order valence-electron chi connectivity index (χ1n) is 6.96. The van der Waals surface area contributed by atoms with Crippen LogP contribution in [0.2, 0.25) is 0 Å². The quantitative estimate of drug-likeness (QED) is 0.631. The van der Waals surface area contributed by atoms with Crippen molar-refractivity contribution in [3.8, 4) is 0 Å². The second-order valence-electron chi connectivity index (χ2n) is 4.63. The maximum Gasteiger partial charge on any atom is 0.434 e. The van der Waals surface area contributed by atoms with Gasteiger partial charge in [0.2, 0.25) is 0 Å². The van der Waals surface area contributed by atoms with Crippen molar-refractivity contribution >= 4 is 28.6 Å². The first-order chi connectivity index (χ1) is 10.9. The zero-order valence-electron chi connectivity index (χ0n) is 12.7. The van der Waals surface area contributed by atoms with Crippen LogP contribution in [0.3, 0.4) is 0 Å². The van der Waals surface area contributed by atoms with Crippen LogP contribution in [0.1, 0.15) is 27.4 Å². The third-order valence-corrected chi connectivity index (χ3v) is 5.05. The molecule has 0 radical (unpaired) electrons. The molecule has 9 heteroatoms. The summed E-state index contributed by atoms with van der Waals surface area (Å²) in [6.45, 7) is 2.92. The van der Waals surface area contributed by atoms with Crippen LogP contribution in [-0.2, 0) is 25.7 Å². The molecule has 2 aromatic rings. The molecular weight excluding hydrogens is 345 g/mol. The molecule has 4 nitrogen and oxygen atoms in total. The number of rotatable bonds is 5. The summed E-state index contributed by atoms with van der Waals surface area (Å²) >= 11 is 2.70. The molecule has 126 valence electrons. The van der Waals surface area contributed by atoms with Crippen molar-refractivity contribution < 1.29 is 13.2 Å². The molecule has 23 heavy (non-hydrogen) atoms. The van der Waals surface area contributed by atoms with Gasteiger partial charge in [0.25, 0.3) is 0 Å². The fourth-order valence-corrected chi connectivity index (χ4v) is 3.42. The van der Waals surface area contributed by atoms with Gasteiger partial charge in [0.15, 0.2) is 11.7 Å². The Bertz CT molecular complexity index is 661. The summed E-state index contributed by atoms with van der Waals surface area (Å²) in [5.74, 6) is 0.528. The Kier molecular flexibility index (Phi) is 6.00. The summed E-state index contributed by atoms with van der Waals surface area (Å²) in [4.78, 5) is 10.1. The van der Waals surface area contributed by atoms with Gasteiger partial charge in [0.05, 0.1) is 13.1 Å². The fraction of sp³-hybridized carbons (Fsp3) is 0.429. The zero-order chi connectivity index (χ0) is 16.9. The van der Waals surface area contributed by atoms with E-state index in [9.17, 15) is 13.2 Å². The van der Waals surface area contributed by atoms with E-state index in [1.54, 1.807) is 18.4 Å². The van der Waals surface area contributed by atoms with E-state index in [0.717, 1.165) is 23.1 Å². The normalized spacial score (nSPS) is 12.5. The standard InChI is InChI=1S/C14H17F3N4S2/c1-3-9-4-5-10(23-9)6-19-13(18-2)20-7-12-21-11(8-22-12)14(15,16)17/h4-5,8H,3,6-7H2,1-2H3,(H2,18,19,20). The fourth-order valence-electron chi connectivity index (χ4n) is 1.78. The molecule has 0 spiro atoms. The van der Waals surface area contributed by atoms with Crippen molar-refractivity contribution in [1.29, 1.82) is 0 Å². The first kappa shape index (κ1) is 17.7. The predicted molar refractivity (Wildman–Crippen MR) is 87.9 cm³/mol. The smallest absolute Gasteiger partial charge is 0.352 e. The van der Waals surface area contributed by atoms with Crippen molar-refractivity contribution in [1.82, 2.24) is 15.6 Å². The van der Waals surface area contributed by atoms with Crippen LogP contribution in [0.5, 0.6) is 0 Å². The molecule has 2 N–H and O–H groups in total. The molecule has 0 aliphatic rings. The van der Waals surface area contributed by atoms with E-state index in [2.05, 4.69) is 39.7 Å². The average Bonchev–Trinajstić information content (AvgIpc) is 3.15. The SMILES string of the molecule is CCc1ccc(CNC(=NC)NCc2nc(C(F)(F)F)cs2)s1. The lowest BCUT2D eigenvalue weighted by atomic mass is 10.4. The third-order valence-electron chi connectivity index (χ3n) is 2.97. The van der Waals surface area contributed by atoms with Gasteiger partial charge in [-0.2, -0.15) is 13.2 Å². The summed E-state index contributed by atoms with van der Waals surface area (Å²) in [6.07, 6.45) is -3.39. The maximum absolute atomic E-state index is 12.5. The van der Waals surface area contributed by atoms with Crippen LogP contribution in [0.4, 0.5) is 13.2 Å². The van der Waals surface area contributed by atoms with Crippen LogP contribution in [0, 0.1) is 0 Å². The van der Waals surface area contributed by atoms with E-state index in [-0.39, 0.29) is 6.54 Å². The van der Waals surface area contributed by atoms with E-state index in [1.165, 1.54) is 9.75 Å². The summed E-state index contributed by atoms with van der Waals surface area (Å²) in [7, 11) is 1.62. The second-order valence-corrected chi connectivity index (χ2v) is 6.82. The summed E-state index contributed by atoms with van der Waals surface area (Å²) in [6, 6.07) is 4.15. The maximum atomic E-state index is 12.5. The number of hydrogen-bond donors (Lipinski definition) is 2. The van der Waals surface area contributed by atoms with Gasteiger partial charge in [-0.15, -0.1) is 22.7 Å². The number of guanidine groups is 1. The third kappa shape index (κ3) is 5.21. The highest BCUT2D eigenvalue weighted by atomic mass is 32.1. The Balaban J connectivity index is 1.84. The number of halogens is 3. The molecule has 0 saturated heterocycles. The summed E-state index contributed by atoms with van der Waals surface area (Å²) < 4.78 is 37.5. The van der Waals surface area contributed by atoms with Gasteiger partial charge >= 0.3 is 6.18 Å². The van der Waals surface area contributed by atoms with Crippen molar-refractivity contribution in [2.45, 2.75) is 32.6 Å². The van der Waals surface area contributed by atoms with Gasteiger partial charge in [-0.25, -0.2) is 4.98 Å². The van der Waals surface area contributed by atoms with Crippen LogP contribution >= 0.6 is 22.7 Å². The molecule has 0 fully saturated rings. The second kappa shape index (κ2) is 7.78. The van der Waals surface area contributed by atoms with Gasteiger partial charge in [-0.3, -0.25) is 4.99 Å². The number of alkyl halides is 3. The minimum Gasteiger partial charge on any atom is -0.352 e. The van der Waals surface area contributed by atoms with E-state index in [1.807, 2.05) is 0 Å². The van der Waals surface area contributed by atoms with Crippen molar-refractivity contribution in [3.63, 3.8) is 0 Å². The molecule has 0 aliphatic carbocycles. The lowest BCUT2D eigenvalue weighted by Crippen LogP contribution is -2.36. The van der Waals surface area contributed by atoms with Gasteiger partial charge in [-0.1, -0.05) is 6.92 Å². The van der Waals surface area contributed by atoms with Crippen LogP contribution < -0.4 is 10.6 Å². The van der Waals surface area contributed by atoms with Crippen LogP contribution in [0.25, 0.3) is 0 Å². The molecule has 0 saturated carbocycles. The molecule has 0 unspecified atom stereocenters. The molecule has 0 aliphatic heterocycles. The molecule has 2 heterocycles. The van der Waals surface area contributed by atoms with Gasteiger partial charge in [0.1, 0.15) is 5.01 Å². The summed E-state index contributed by atoms with van der Waals surface area (Å²) in [5, 5.41) is 7.48. The van der Waals surface area contributed by atoms with Gasteiger partial charge in [-0.05, 0) is 18.6 Å². The number of nitrogens with one attached hydrogen (secondary N) is 2. The van der Waals surface area contributed by atoms with Crippen LogP contribution in [-0.4, -0.2) is 18.0 Å². The van der Waals surface area contributed by atoms with Crippen molar-refractivity contribution in [2.75, 3.05) is 7.05 Å². The molecule has 2 rings (SSSR count). The van der Waals surface area contributed by atoms with Gasteiger partial charge in [0, 0.05) is 22.2 Å². The number of aromatic nitrogens is 1. The van der Waals surface area contributed by atoms with E-state index >= 15 is 0 Å². The molecular formula is C14H17F3N4S2. The average molecular weight is 362 g/mol. The molecule has 0 aromatic carbocycles. The minimum absolute atomic E-state index is 0.199. The molecule has 0 atom stereocenters. The van der Waals surface area contributed by atoms with Crippen molar-refractivity contribution in [3.05, 3.63) is 38.0 Å². The topological polar surface area (TPSA) is 49.3 Å². The highest BCUT2D eigenvalue weighted by Gasteiger charge is 2.33. The Morgan fingerprint density at radius 2 is 1.91 bits per heavy atom. The van der Waals surface area contributed by atoms with E-state index in [0.29, 0.717) is 17.5 Å². The van der Waals surface area contributed by atoms with E-state index in [4.69, 9.17) is 0 Å². The largest absolute Gasteiger partial charge is 0.434 e. The Morgan fingerprint density at radius 1 is 1.22 bits per heavy atom. The lowest BCUT2D eigenvalue weighted by Gasteiger charge is -2.09. The van der Waals surface area contributed by atoms with Gasteiger partial charge < -0.3 is 10.6 Å². The Morgan fingerprint density at radius 3 is 2.48 bits per heavy atom. The number of aliphatic imine (C=N–C) groups is 1. The molecule has 0 bridgehead atoms. The predicted octanol–water partition coefficient (Wildman–Crippen LogP) is 3.65. The minimum atomic E-state index is -4.40. The number of nitrogens with zero attached hydrogens (tertiary/aromatic N) is 2. The lowest BCUT2D eigenvalue weighted by molar-refractivity contribution is -0.140. The first-order valence-corrected chi connectivity index (χ1v) is 8.65. The number of hydrogen-bond acceptors (Lipinski definition) is 4. The Labute approximate surface area is 140 Å². The number of aryl methyl sites for hydroxylation is 1. The van der Waals surface area contributed by atoms with Crippen molar-refractivity contribution in [2.24, 2.45) is 4.99 Å². The Hall–Kier alpha value is -1.61. The number of thiazole rings is 1. The summed E-state index contributed by atoms with van der Waals surface area (Å²) in [5.41, 5.74) is -0.854. The van der Waals surface area contributed by atoms with Crippen LogP contribution in [0.15, 0.2) is 22.5 Å². The monoisotopic (exact) mass is 362 g/mol. The zero-order valence-corrected chi connectivity index (χ0v) is 14.3. The molecule has 2 aromatic heterocycles. The molecule has 0 amide bonds.